The summed E-state index contributed by atoms with van der Waals surface area (Å²) in [6.07, 6.45) is 0. The first-order valence-electron chi connectivity index (χ1n) is 8.47. The van der Waals surface area contributed by atoms with Crippen LogP contribution in [0.15, 0.2) is 24.3 Å². The Kier molecular flexibility index (Phi) is 5.13. The molecule has 0 aliphatic carbocycles. The van der Waals surface area contributed by atoms with Gasteiger partial charge < -0.3 is 0 Å². The zero-order chi connectivity index (χ0) is 19.3. The van der Waals surface area contributed by atoms with E-state index in [4.69, 9.17) is 34.8 Å². The van der Waals surface area contributed by atoms with Crippen LogP contribution in [0, 0.1) is 41.5 Å². The molecule has 0 unspecified atom stereocenters. The van der Waals surface area contributed by atoms with Gasteiger partial charge in [-0.3, -0.25) is 0 Å². The van der Waals surface area contributed by atoms with Gasteiger partial charge in [-0.2, -0.15) is 9.13 Å². The molecule has 0 saturated carbocycles. The summed E-state index contributed by atoms with van der Waals surface area (Å²) in [5.41, 5.74) is 8.73. The predicted octanol–water partition coefficient (Wildman–Crippen LogP) is 6.56. The SMILES string of the molecule is Cc1cc(C)c(-n2c(Cl)c(Cl)[n+](-c3c(C)cc(C)cc3C)c2Cl)c(C)c1. The Morgan fingerprint density at radius 3 is 1.58 bits per heavy atom. The van der Waals surface area contributed by atoms with Crippen LogP contribution in [0.25, 0.3) is 11.4 Å². The molecule has 1 aromatic heterocycles. The van der Waals surface area contributed by atoms with Gasteiger partial charge in [0.05, 0.1) is 0 Å². The van der Waals surface area contributed by atoms with Crippen molar-refractivity contribution in [3.63, 3.8) is 0 Å². The molecule has 0 spiro atoms. The van der Waals surface area contributed by atoms with Crippen LogP contribution < -0.4 is 4.57 Å². The highest BCUT2D eigenvalue weighted by molar-refractivity contribution is 6.41. The number of aryl methyl sites for hydroxylation is 6. The second kappa shape index (κ2) is 6.92. The third-order valence-corrected chi connectivity index (χ3v) is 5.78. The summed E-state index contributed by atoms with van der Waals surface area (Å²) < 4.78 is 3.66. The molecule has 0 amide bonds. The Hall–Kier alpha value is -1.48. The molecule has 0 atom stereocenters. The first-order chi connectivity index (χ1) is 12.1. The monoisotopic (exact) mass is 407 g/mol. The van der Waals surface area contributed by atoms with Crippen molar-refractivity contribution in [2.75, 3.05) is 0 Å². The van der Waals surface area contributed by atoms with Crippen LogP contribution in [-0.2, 0) is 0 Å². The molecule has 0 bridgehead atoms. The van der Waals surface area contributed by atoms with Crippen LogP contribution >= 0.6 is 34.8 Å². The molecule has 2 aromatic carbocycles. The van der Waals surface area contributed by atoms with Crippen molar-refractivity contribution in [2.45, 2.75) is 41.5 Å². The summed E-state index contributed by atoms with van der Waals surface area (Å²) >= 11 is 20.1. The van der Waals surface area contributed by atoms with Gasteiger partial charge in [0.2, 0.25) is 0 Å². The fraction of sp³-hybridized carbons (Fsp3) is 0.286. The first-order valence-corrected chi connectivity index (χ1v) is 9.60. The maximum atomic E-state index is 6.83. The summed E-state index contributed by atoms with van der Waals surface area (Å²) in [6.45, 7) is 12.4. The van der Waals surface area contributed by atoms with E-state index < -0.39 is 0 Å². The fourth-order valence-electron chi connectivity index (χ4n) is 3.88. The molecular formula is C21H22Cl3N2+. The smallest absolute Gasteiger partial charge is 0.166 e. The molecule has 2 nitrogen and oxygen atoms in total. The van der Waals surface area contributed by atoms with Crippen LogP contribution in [0.4, 0.5) is 0 Å². The van der Waals surface area contributed by atoms with Gasteiger partial charge in [-0.15, -0.1) is 0 Å². The largest absolute Gasteiger partial charge is 0.367 e. The Morgan fingerprint density at radius 1 is 0.692 bits per heavy atom. The summed E-state index contributed by atoms with van der Waals surface area (Å²) in [4.78, 5) is 0. The Labute approximate surface area is 169 Å². The standard InChI is InChI=1S/C21H22Cl3N2/c1-11-7-13(3)17(14(4)8-11)25-19(22)20(23)26(21(25)24)18-15(5)9-12(2)10-16(18)6/h7-10H,1-6H3/q+1. The van der Waals surface area contributed by atoms with E-state index in [-0.39, 0.29) is 0 Å². The summed E-state index contributed by atoms with van der Waals surface area (Å²) in [5, 5.41) is 1.28. The van der Waals surface area contributed by atoms with Crippen molar-refractivity contribution in [3.05, 3.63) is 73.2 Å². The van der Waals surface area contributed by atoms with Gasteiger partial charge >= 0.3 is 5.28 Å². The average molecular weight is 409 g/mol. The highest BCUT2D eigenvalue weighted by atomic mass is 35.5. The van der Waals surface area contributed by atoms with Crippen molar-refractivity contribution < 1.29 is 4.57 Å². The van der Waals surface area contributed by atoms with Gasteiger partial charge in [-0.25, -0.2) is 0 Å². The summed E-state index contributed by atoms with van der Waals surface area (Å²) in [7, 11) is 0. The lowest BCUT2D eigenvalue weighted by molar-refractivity contribution is -0.590. The number of hydrogen-bond donors (Lipinski definition) is 0. The molecule has 0 fully saturated rings. The van der Waals surface area contributed by atoms with Gasteiger partial charge in [0, 0.05) is 11.6 Å². The Balaban J connectivity index is 2.37. The molecule has 5 heteroatoms. The van der Waals surface area contributed by atoms with E-state index in [1.54, 1.807) is 0 Å². The molecule has 0 N–H and O–H groups in total. The van der Waals surface area contributed by atoms with Gasteiger partial charge in [0.1, 0.15) is 11.4 Å². The summed E-state index contributed by atoms with van der Waals surface area (Å²) in [6, 6.07) is 8.48. The quantitative estimate of drug-likeness (QED) is 0.424. The highest BCUT2D eigenvalue weighted by Gasteiger charge is 2.33. The Bertz CT molecular complexity index is 905. The predicted molar refractivity (Wildman–Crippen MR) is 111 cm³/mol. The number of imidazole rings is 1. The van der Waals surface area contributed by atoms with E-state index in [0.29, 0.717) is 15.6 Å². The van der Waals surface area contributed by atoms with Crippen molar-refractivity contribution in [1.82, 2.24) is 4.57 Å². The van der Waals surface area contributed by atoms with Crippen LogP contribution in [0.3, 0.4) is 0 Å². The van der Waals surface area contributed by atoms with Crippen molar-refractivity contribution in [3.8, 4) is 11.4 Å². The third-order valence-electron chi connectivity index (χ3n) is 4.65. The topological polar surface area (TPSA) is 8.81 Å². The van der Waals surface area contributed by atoms with E-state index in [1.165, 1.54) is 11.1 Å². The number of benzene rings is 2. The number of hydrogen-bond acceptors (Lipinski definition) is 0. The number of nitrogens with zero attached hydrogens (tertiary/aromatic N) is 2. The summed E-state index contributed by atoms with van der Waals surface area (Å²) in [5.74, 6) is 0. The fourth-order valence-corrected chi connectivity index (χ4v) is 4.80. The van der Waals surface area contributed by atoms with Crippen LogP contribution in [0.2, 0.25) is 15.6 Å². The van der Waals surface area contributed by atoms with E-state index >= 15 is 0 Å². The van der Waals surface area contributed by atoms with Crippen molar-refractivity contribution in [2.24, 2.45) is 0 Å². The third kappa shape index (κ3) is 3.05. The molecule has 0 aliphatic heterocycles. The Morgan fingerprint density at radius 2 is 1.12 bits per heavy atom. The molecular weight excluding hydrogens is 387 g/mol. The van der Waals surface area contributed by atoms with Gasteiger partial charge in [-0.05, 0) is 87.0 Å². The van der Waals surface area contributed by atoms with Crippen molar-refractivity contribution in [1.29, 1.82) is 0 Å². The molecule has 0 saturated heterocycles. The lowest BCUT2D eigenvalue weighted by Crippen LogP contribution is -2.34. The highest BCUT2D eigenvalue weighted by Crippen LogP contribution is 2.34. The minimum Gasteiger partial charge on any atom is -0.166 e. The van der Waals surface area contributed by atoms with Gasteiger partial charge in [0.25, 0.3) is 10.3 Å². The molecule has 0 radical (unpaired) electrons. The van der Waals surface area contributed by atoms with Crippen molar-refractivity contribution >= 4 is 34.8 Å². The molecule has 136 valence electrons. The van der Waals surface area contributed by atoms with Crippen LogP contribution in [0.5, 0.6) is 0 Å². The molecule has 1 heterocycles. The number of aromatic nitrogens is 2. The normalized spacial score (nSPS) is 11.3. The molecule has 3 aromatic rings. The molecule has 0 aliphatic rings. The second-order valence-corrected chi connectivity index (χ2v) is 8.07. The van der Waals surface area contributed by atoms with Gasteiger partial charge in [-0.1, -0.05) is 35.4 Å². The minimum absolute atomic E-state index is 0.408. The lowest BCUT2D eigenvalue weighted by atomic mass is 10.0. The second-order valence-electron chi connectivity index (χ2n) is 7.02. The minimum atomic E-state index is 0.408. The zero-order valence-corrected chi connectivity index (χ0v) is 18.1. The van der Waals surface area contributed by atoms with E-state index in [9.17, 15) is 0 Å². The van der Waals surface area contributed by atoms with E-state index in [0.717, 1.165) is 33.6 Å². The average Bonchev–Trinajstić information content (AvgIpc) is 2.71. The zero-order valence-electron chi connectivity index (χ0n) is 15.8. The van der Waals surface area contributed by atoms with E-state index in [1.807, 2.05) is 9.13 Å². The van der Waals surface area contributed by atoms with E-state index in [2.05, 4.69) is 65.8 Å². The number of rotatable bonds is 2. The maximum absolute atomic E-state index is 6.83. The van der Waals surface area contributed by atoms with Crippen LogP contribution in [0.1, 0.15) is 33.4 Å². The first kappa shape index (κ1) is 19.3. The number of halogens is 3. The molecule has 3 rings (SSSR count). The lowest BCUT2D eigenvalue weighted by Gasteiger charge is -2.10. The van der Waals surface area contributed by atoms with Gasteiger partial charge in [0.15, 0.2) is 0 Å². The maximum Gasteiger partial charge on any atom is 0.367 e. The molecule has 26 heavy (non-hydrogen) atoms. The van der Waals surface area contributed by atoms with Crippen LogP contribution in [-0.4, -0.2) is 4.57 Å².